The van der Waals surface area contributed by atoms with E-state index >= 15 is 0 Å². The van der Waals surface area contributed by atoms with E-state index in [9.17, 15) is 9.90 Å². The highest BCUT2D eigenvalue weighted by molar-refractivity contribution is 5.90. The molecule has 17 heavy (non-hydrogen) atoms. The van der Waals surface area contributed by atoms with Crippen molar-refractivity contribution in [3.05, 3.63) is 17.7 Å². The van der Waals surface area contributed by atoms with Crippen LogP contribution in [0.1, 0.15) is 5.56 Å². The van der Waals surface area contributed by atoms with Crippen LogP contribution < -0.4 is 15.4 Å². The lowest BCUT2D eigenvalue weighted by molar-refractivity contribution is 0.181. The number of hydrogen-bond donors (Lipinski definition) is 2. The van der Waals surface area contributed by atoms with Crippen LogP contribution in [-0.4, -0.2) is 31.5 Å². The Balaban J connectivity index is 2.44. The smallest absolute Gasteiger partial charge is 0.414 e. The molecule has 1 aromatic rings. The van der Waals surface area contributed by atoms with Gasteiger partial charge in [0.15, 0.2) is 11.5 Å². The molecule has 0 saturated carbocycles. The molecule has 3 N–H and O–H groups in total. The Kier molecular flexibility index (Phi) is 3.06. The molecule has 1 aromatic carbocycles. The number of methoxy groups -OCH3 is 1. The highest BCUT2D eigenvalue weighted by atomic mass is 16.6. The first-order chi connectivity index (χ1) is 8.17. The Morgan fingerprint density at radius 2 is 2.35 bits per heavy atom. The highest BCUT2D eigenvalue weighted by Crippen LogP contribution is 2.35. The number of anilines is 1. The van der Waals surface area contributed by atoms with Gasteiger partial charge in [-0.25, -0.2) is 4.79 Å². The topological polar surface area (TPSA) is 85.0 Å². The molecule has 0 aromatic heterocycles. The number of hydrogen-bond acceptors (Lipinski definition) is 5. The second-order valence-corrected chi connectivity index (χ2v) is 3.63. The van der Waals surface area contributed by atoms with Crippen molar-refractivity contribution in [1.82, 2.24) is 0 Å². The molecular formula is C11H14N2O4. The third kappa shape index (κ3) is 1.99. The minimum absolute atomic E-state index is 0.00585. The maximum Gasteiger partial charge on any atom is 0.414 e. The van der Waals surface area contributed by atoms with Gasteiger partial charge in [-0.15, -0.1) is 0 Å². The van der Waals surface area contributed by atoms with Gasteiger partial charge in [0.1, 0.15) is 6.61 Å². The number of phenolic OH excluding ortho intramolecular Hbond substituents is 1. The van der Waals surface area contributed by atoms with Crippen LogP contribution in [0.25, 0.3) is 0 Å². The number of benzene rings is 1. The number of carbonyl (C=O) groups is 1. The lowest BCUT2D eigenvalue weighted by Gasteiger charge is -2.16. The summed E-state index contributed by atoms with van der Waals surface area (Å²) in [7, 11) is 1.45. The van der Waals surface area contributed by atoms with Crippen LogP contribution >= 0.6 is 0 Å². The summed E-state index contributed by atoms with van der Waals surface area (Å²) in [6, 6.07) is 3.24. The van der Waals surface area contributed by atoms with E-state index in [1.54, 1.807) is 12.1 Å². The first-order valence-corrected chi connectivity index (χ1v) is 5.21. The van der Waals surface area contributed by atoms with E-state index in [0.717, 1.165) is 0 Å². The van der Waals surface area contributed by atoms with E-state index in [1.165, 1.54) is 12.0 Å². The standard InChI is InChI=1S/C11H14N2O4/c1-16-9-5-8(4-7(6-12)10(9)14)13-2-3-17-11(13)15/h4-5,14H,2-3,6,12H2,1H3. The van der Waals surface area contributed by atoms with Crippen molar-refractivity contribution in [3.8, 4) is 11.5 Å². The van der Waals surface area contributed by atoms with Crippen LogP contribution in [-0.2, 0) is 11.3 Å². The summed E-state index contributed by atoms with van der Waals surface area (Å²) in [5.41, 5.74) is 6.67. The zero-order valence-electron chi connectivity index (χ0n) is 9.47. The summed E-state index contributed by atoms with van der Waals surface area (Å²) < 4.78 is 9.89. The van der Waals surface area contributed by atoms with Gasteiger partial charge in [-0.1, -0.05) is 0 Å². The van der Waals surface area contributed by atoms with Gasteiger partial charge in [0.25, 0.3) is 0 Å². The summed E-state index contributed by atoms with van der Waals surface area (Å²) in [5, 5.41) is 9.78. The maximum absolute atomic E-state index is 11.4. The van der Waals surface area contributed by atoms with Crippen molar-refractivity contribution in [3.63, 3.8) is 0 Å². The minimum Gasteiger partial charge on any atom is -0.504 e. The van der Waals surface area contributed by atoms with E-state index in [1.807, 2.05) is 0 Å². The normalized spacial score (nSPS) is 14.9. The van der Waals surface area contributed by atoms with Crippen LogP contribution in [0.15, 0.2) is 12.1 Å². The maximum atomic E-state index is 11.4. The number of nitrogens with two attached hydrogens (primary N) is 1. The molecule has 1 saturated heterocycles. The van der Waals surface area contributed by atoms with Gasteiger partial charge in [-0.3, -0.25) is 4.90 Å². The molecule has 1 amide bonds. The number of aromatic hydroxyl groups is 1. The molecule has 2 rings (SSSR count). The first-order valence-electron chi connectivity index (χ1n) is 5.21. The summed E-state index contributed by atoms with van der Waals surface area (Å²) in [6.07, 6.45) is -0.402. The first kappa shape index (κ1) is 11.5. The summed E-state index contributed by atoms with van der Waals surface area (Å²) in [5.74, 6) is 0.300. The van der Waals surface area contributed by atoms with Gasteiger partial charge < -0.3 is 20.3 Å². The van der Waals surface area contributed by atoms with Crippen molar-refractivity contribution in [2.24, 2.45) is 5.73 Å². The van der Waals surface area contributed by atoms with Gasteiger partial charge in [-0.05, 0) is 6.07 Å². The number of ether oxygens (including phenoxy) is 2. The third-order valence-corrected chi connectivity index (χ3v) is 2.65. The van der Waals surface area contributed by atoms with Crippen molar-refractivity contribution >= 4 is 11.8 Å². The largest absolute Gasteiger partial charge is 0.504 e. The second-order valence-electron chi connectivity index (χ2n) is 3.63. The molecule has 0 atom stereocenters. The van der Waals surface area contributed by atoms with E-state index in [0.29, 0.717) is 30.2 Å². The Hall–Kier alpha value is -1.95. The molecule has 0 unspecified atom stereocenters. The van der Waals surface area contributed by atoms with Crippen LogP contribution in [0.5, 0.6) is 11.5 Å². The van der Waals surface area contributed by atoms with Crippen LogP contribution in [0.3, 0.4) is 0 Å². The predicted octanol–water partition coefficient (Wildman–Crippen LogP) is 0.816. The Morgan fingerprint density at radius 3 is 2.88 bits per heavy atom. The Morgan fingerprint density at radius 1 is 1.59 bits per heavy atom. The molecule has 0 bridgehead atoms. The van der Waals surface area contributed by atoms with Crippen LogP contribution in [0, 0.1) is 0 Å². The highest BCUT2D eigenvalue weighted by Gasteiger charge is 2.25. The molecule has 6 heteroatoms. The molecule has 0 spiro atoms. The number of rotatable bonds is 3. The van der Waals surface area contributed by atoms with E-state index in [2.05, 4.69) is 0 Å². The fourth-order valence-electron chi connectivity index (χ4n) is 1.74. The van der Waals surface area contributed by atoms with E-state index < -0.39 is 6.09 Å². The van der Waals surface area contributed by atoms with Crippen molar-refractivity contribution in [1.29, 1.82) is 0 Å². The monoisotopic (exact) mass is 238 g/mol. The molecule has 0 radical (unpaired) electrons. The summed E-state index contributed by atoms with van der Waals surface area (Å²) >= 11 is 0. The Bertz CT molecular complexity index is 422. The lowest BCUT2D eigenvalue weighted by Crippen LogP contribution is -2.23. The minimum atomic E-state index is -0.402. The molecule has 92 valence electrons. The Labute approximate surface area is 98.5 Å². The molecule has 1 fully saturated rings. The second kappa shape index (κ2) is 4.50. The van der Waals surface area contributed by atoms with Crippen LogP contribution in [0.4, 0.5) is 10.5 Å². The predicted molar refractivity (Wildman–Crippen MR) is 61.2 cm³/mol. The molecule has 0 aliphatic carbocycles. The number of carbonyl (C=O) groups excluding carboxylic acids is 1. The van der Waals surface area contributed by atoms with Crippen molar-refractivity contribution in [2.45, 2.75) is 6.54 Å². The molecular weight excluding hydrogens is 224 g/mol. The van der Waals surface area contributed by atoms with E-state index in [4.69, 9.17) is 15.2 Å². The average molecular weight is 238 g/mol. The molecule has 1 aliphatic rings. The van der Waals surface area contributed by atoms with Gasteiger partial charge in [0, 0.05) is 18.2 Å². The number of nitrogens with zero attached hydrogens (tertiary/aromatic N) is 1. The average Bonchev–Trinajstić information content (AvgIpc) is 2.76. The fraction of sp³-hybridized carbons (Fsp3) is 0.364. The summed E-state index contributed by atoms with van der Waals surface area (Å²) in [6.45, 7) is 1.01. The zero-order chi connectivity index (χ0) is 12.4. The summed E-state index contributed by atoms with van der Waals surface area (Å²) in [4.78, 5) is 12.9. The van der Waals surface area contributed by atoms with Crippen LogP contribution in [0.2, 0.25) is 0 Å². The molecule has 6 nitrogen and oxygen atoms in total. The lowest BCUT2D eigenvalue weighted by atomic mass is 10.1. The van der Waals surface area contributed by atoms with E-state index in [-0.39, 0.29) is 12.3 Å². The number of phenols is 1. The molecule has 1 heterocycles. The fourth-order valence-corrected chi connectivity index (χ4v) is 1.74. The molecule has 1 aliphatic heterocycles. The van der Waals surface area contributed by atoms with Gasteiger partial charge in [-0.2, -0.15) is 0 Å². The van der Waals surface area contributed by atoms with Crippen molar-refractivity contribution < 1.29 is 19.4 Å². The SMILES string of the molecule is COc1cc(N2CCOC2=O)cc(CN)c1O. The number of amides is 1. The van der Waals surface area contributed by atoms with Gasteiger partial charge in [0.05, 0.1) is 19.3 Å². The van der Waals surface area contributed by atoms with Crippen molar-refractivity contribution in [2.75, 3.05) is 25.2 Å². The third-order valence-electron chi connectivity index (χ3n) is 2.65. The van der Waals surface area contributed by atoms with Gasteiger partial charge >= 0.3 is 6.09 Å². The van der Waals surface area contributed by atoms with Gasteiger partial charge in [0.2, 0.25) is 0 Å². The zero-order valence-corrected chi connectivity index (χ0v) is 9.47. The number of cyclic esters (lactones) is 1. The quantitative estimate of drug-likeness (QED) is 0.814.